The van der Waals surface area contributed by atoms with Crippen LogP contribution < -0.4 is 15.3 Å². The Labute approximate surface area is 238 Å². The summed E-state index contributed by atoms with van der Waals surface area (Å²) in [7, 11) is -4.12. The summed E-state index contributed by atoms with van der Waals surface area (Å²) in [4.78, 5) is 16.2. The molecule has 1 saturated heterocycles. The molecule has 1 unspecified atom stereocenters. The van der Waals surface area contributed by atoms with Crippen LogP contribution in [0.15, 0.2) is 48.8 Å². The molecule has 1 aliphatic heterocycles. The Kier molecular flexibility index (Phi) is 8.52. The third kappa shape index (κ3) is 6.25. The van der Waals surface area contributed by atoms with Crippen LogP contribution >= 0.6 is 7.75 Å². The molecule has 14 heteroatoms. The molecular formula is C27H38N5O8P. The molecule has 0 amide bonds. The highest BCUT2D eigenvalue weighted by Gasteiger charge is 2.62. The number of carbonyl (C=O) groups excluding carboxylic acids is 1. The number of aromatic nitrogens is 3. The number of esters is 1. The normalized spacial score (nSPS) is 26.9. The molecule has 41 heavy (non-hydrogen) atoms. The minimum atomic E-state index is -4.12. The molecule has 3 aromatic rings. The van der Waals surface area contributed by atoms with Gasteiger partial charge in [0.05, 0.1) is 17.7 Å². The smallest absolute Gasteiger partial charge is 0.459 e. The first-order valence-electron chi connectivity index (χ1n) is 13.2. The number of benzene rings is 1. The fourth-order valence-corrected chi connectivity index (χ4v) is 6.03. The molecule has 0 aliphatic carbocycles. The Morgan fingerprint density at radius 3 is 2.59 bits per heavy atom. The van der Waals surface area contributed by atoms with Crippen LogP contribution in [0.2, 0.25) is 0 Å². The monoisotopic (exact) mass is 591 g/mol. The van der Waals surface area contributed by atoms with E-state index in [1.165, 1.54) is 17.8 Å². The van der Waals surface area contributed by atoms with Gasteiger partial charge in [0.15, 0.2) is 5.82 Å². The van der Waals surface area contributed by atoms with Crippen molar-refractivity contribution in [3.05, 3.63) is 54.5 Å². The molecule has 6 atom stereocenters. The van der Waals surface area contributed by atoms with Gasteiger partial charge in [0.1, 0.15) is 47.6 Å². The van der Waals surface area contributed by atoms with Gasteiger partial charge < -0.3 is 29.9 Å². The van der Waals surface area contributed by atoms with Gasteiger partial charge in [0, 0.05) is 6.04 Å². The first kappa shape index (κ1) is 30.9. The van der Waals surface area contributed by atoms with Gasteiger partial charge in [-0.1, -0.05) is 18.2 Å². The van der Waals surface area contributed by atoms with Crippen LogP contribution in [0.4, 0.5) is 5.82 Å². The van der Waals surface area contributed by atoms with Crippen molar-refractivity contribution in [2.45, 2.75) is 71.0 Å². The van der Waals surface area contributed by atoms with E-state index in [-0.39, 0.29) is 18.2 Å². The van der Waals surface area contributed by atoms with E-state index >= 15 is 0 Å². The summed E-state index contributed by atoms with van der Waals surface area (Å²) in [5, 5.41) is 29.6. The van der Waals surface area contributed by atoms with Gasteiger partial charge in [-0.15, -0.1) is 0 Å². The zero-order chi connectivity index (χ0) is 30.2. The van der Waals surface area contributed by atoms with E-state index in [1.807, 2.05) is 0 Å². The number of nitrogen functional groups attached to an aromatic ring is 1. The van der Waals surface area contributed by atoms with Crippen molar-refractivity contribution in [1.29, 1.82) is 0 Å². The summed E-state index contributed by atoms with van der Waals surface area (Å²) >= 11 is 0. The molecule has 1 aromatic carbocycles. The van der Waals surface area contributed by atoms with Crippen LogP contribution in [-0.2, 0) is 29.0 Å². The van der Waals surface area contributed by atoms with Crippen LogP contribution in [0.5, 0.6) is 5.75 Å². The van der Waals surface area contributed by atoms with Crippen molar-refractivity contribution in [2.75, 3.05) is 18.9 Å². The quantitative estimate of drug-likeness (QED) is 0.200. The highest BCUT2D eigenvalue weighted by Crippen LogP contribution is 2.50. The Morgan fingerprint density at radius 1 is 1.24 bits per heavy atom. The number of hydrogen-bond donors (Lipinski definition) is 4. The highest BCUT2D eigenvalue weighted by molar-refractivity contribution is 7.52. The van der Waals surface area contributed by atoms with E-state index in [0.717, 1.165) is 0 Å². The number of hydrogen-bond acceptors (Lipinski definition) is 11. The van der Waals surface area contributed by atoms with Crippen LogP contribution in [0.25, 0.3) is 5.52 Å². The summed E-state index contributed by atoms with van der Waals surface area (Å²) in [6, 6.07) is 11.1. The van der Waals surface area contributed by atoms with Gasteiger partial charge in [-0.3, -0.25) is 9.32 Å². The number of rotatable bonds is 10. The zero-order valence-electron chi connectivity index (χ0n) is 24.0. The average Bonchev–Trinajstić information content (AvgIpc) is 3.41. The maximum Gasteiger partial charge on any atom is 0.459 e. The van der Waals surface area contributed by atoms with E-state index in [4.69, 9.17) is 24.3 Å². The van der Waals surface area contributed by atoms with Crippen LogP contribution in [0, 0.1) is 5.41 Å². The van der Waals surface area contributed by atoms with Gasteiger partial charge in [0.2, 0.25) is 0 Å². The van der Waals surface area contributed by atoms with Gasteiger partial charge in [0.25, 0.3) is 0 Å². The summed E-state index contributed by atoms with van der Waals surface area (Å²) in [6.07, 6.45) is -1.30. The van der Waals surface area contributed by atoms with E-state index in [9.17, 15) is 19.6 Å². The average molecular weight is 592 g/mol. The second kappa shape index (κ2) is 11.3. The third-order valence-corrected chi connectivity index (χ3v) is 8.78. The second-order valence-electron chi connectivity index (χ2n) is 11.5. The van der Waals surface area contributed by atoms with Crippen LogP contribution in [0.3, 0.4) is 0 Å². The zero-order valence-corrected chi connectivity index (χ0v) is 24.9. The summed E-state index contributed by atoms with van der Waals surface area (Å²) < 4.78 is 38.5. The molecule has 3 heterocycles. The molecule has 0 saturated carbocycles. The van der Waals surface area contributed by atoms with E-state index < -0.39 is 55.2 Å². The lowest BCUT2D eigenvalue weighted by atomic mass is 9.81. The lowest BCUT2D eigenvalue weighted by molar-refractivity contribution is -0.153. The number of aliphatic hydroxyl groups excluding tert-OH is 1. The second-order valence-corrected chi connectivity index (χ2v) is 13.2. The predicted octanol–water partition coefficient (Wildman–Crippen LogP) is 2.81. The predicted molar refractivity (Wildman–Crippen MR) is 150 cm³/mol. The molecule has 0 radical (unpaired) electrons. The van der Waals surface area contributed by atoms with E-state index in [0.29, 0.717) is 11.2 Å². The SMILES string of the molecule is C[C@@H](COC(=O)C(C)(C)C)NP(=O)(OC[C@H]1O[C@@](C)(c2ccc3c(N)ncnn23)[C@](C)(O)[C@@H]1O)Oc1ccccc1. The summed E-state index contributed by atoms with van der Waals surface area (Å²) in [6.45, 7) is 9.39. The van der Waals surface area contributed by atoms with Gasteiger partial charge >= 0.3 is 13.7 Å². The van der Waals surface area contributed by atoms with Gasteiger partial charge in [-0.05, 0) is 65.8 Å². The highest BCUT2D eigenvalue weighted by atomic mass is 31.2. The lowest BCUT2D eigenvalue weighted by Crippen LogP contribution is -2.51. The summed E-state index contributed by atoms with van der Waals surface area (Å²) in [5.41, 5.74) is 2.89. The standard InChI is InChI=1S/C27H38N5O8P/c1-17(14-37-24(34)25(2,3)4)31-41(36,40-18-10-8-7-9-11-18)38-15-20-22(33)26(5,35)27(6,39-20)21-13-12-19-23(28)29-16-30-32(19)21/h7-13,16-17,20,22,33,35H,14-15H2,1-6H3,(H,31,36)(H2,28,29,30)/t17-,20+,22+,26+,27-,41?/m0/s1. The number of nitrogens with two attached hydrogens (primary N) is 1. The van der Waals surface area contributed by atoms with Crippen LogP contribution in [-0.4, -0.2) is 67.8 Å². The van der Waals surface area contributed by atoms with E-state index in [2.05, 4.69) is 15.2 Å². The maximum absolute atomic E-state index is 13.9. The van der Waals surface area contributed by atoms with Crippen LogP contribution in [0.1, 0.15) is 47.2 Å². The van der Waals surface area contributed by atoms with Crippen molar-refractivity contribution >= 4 is 25.1 Å². The molecule has 224 valence electrons. The fourth-order valence-electron chi connectivity index (χ4n) is 4.50. The molecule has 2 aromatic heterocycles. The lowest BCUT2D eigenvalue weighted by Gasteiger charge is -2.35. The van der Waals surface area contributed by atoms with Gasteiger partial charge in [-0.25, -0.2) is 19.2 Å². The van der Waals surface area contributed by atoms with Crippen molar-refractivity contribution in [3.8, 4) is 5.75 Å². The molecule has 4 rings (SSSR count). The molecule has 0 bridgehead atoms. The maximum atomic E-state index is 13.9. The Morgan fingerprint density at radius 2 is 1.93 bits per heavy atom. The number of para-hydroxylation sites is 1. The number of nitrogens with zero attached hydrogens (tertiary/aromatic N) is 3. The number of aliphatic hydroxyl groups is 2. The Bertz CT molecular complexity index is 1430. The van der Waals surface area contributed by atoms with Crippen molar-refractivity contribution < 1.29 is 38.1 Å². The molecule has 13 nitrogen and oxygen atoms in total. The number of fused-ring (bicyclic) bond motifs is 1. The minimum absolute atomic E-state index is 0.0940. The number of ether oxygens (including phenoxy) is 2. The molecule has 1 fully saturated rings. The topological polar surface area (TPSA) is 180 Å². The molecular weight excluding hydrogens is 553 g/mol. The number of nitrogens with one attached hydrogen (secondary N) is 1. The fraction of sp³-hybridized carbons (Fsp3) is 0.519. The third-order valence-electron chi connectivity index (χ3n) is 7.08. The Balaban J connectivity index is 1.54. The Hall–Kier alpha value is -3.06. The molecule has 0 spiro atoms. The minimum Gasteiger partial charge on any atom is -0.464 e. The number of anilines is 1. The first-order chi connectivity index (χ1) is 19.1. The van der Waals surface area contributed by atoms with Crippen molar-refractivity contribution in [1.82, 2.24) is 19.7 Å². The molecule has 1 aliphatic rings. The first-order valence-corrected chi connectivity index (χ1v) is 14.7. The molecule has 5 N–H and O–H groups in total. The summed E-state index contributed by atoms with van der Waals surface area (Å²) in [5.74, 6) is 0.0870. The van der Waals surface area contributed by atoms with Gasteiger partial charge in [-0.2, -0.15) is 5.10 Å². The van der Waals surface area contributed by atoms with Crippen molar-refractivity contribution in [2.24, 2.45) is 5.41 Å². The number of carbonyl (C=O) groups is 1. The van der Waals surface area contributed by atoms with Crippen molar-refractivity contribution in [3.63, 3.8) is 0 Å². The largest absolute Gasteiger partial charge is 0.464 e. The van der Waals surface area contributed by atoms with E-state index in [1.54, 1.807) is 77.1 Å².